The van der Waals surface area contributed by atoms with Gasteiger partial charge < -0.3 is 9.26 Å². The van der Waals surface area contributed by atoms with E-state index in [9.17, 15) is 4.79 Å². The highest BCUT2D eigenvalue weighted by Gasteiger charge is 2.11. The van der Waals surface area contributed by atoms with Crippen LogP contribution < -0.4 is 0 Å². The van der Waals surface area contributed by atoms with Gasteiger partial charge in [-0.3, -0.25) is 0 Å². The summed E-state index contributed by atoms with van der Waals surface area (Å²) >= 11 is 3.16. The quantitative estimate of drug-likeness (QED) is 0.728. The molecule has 2 heterocycles. The zero-order valence-electron chi connectivity index (χ0n) is 7.15. The summed E-state index contributed by atoms with van der Waals surface area (Å²) in [5.41, 5.74) is 1.36. The van der Waals surface area contributed by atoms with Crippen LogP contribution in [0.25, 0.3) is 11.1 Å². The van der Waals surface area contributed by atoms with Crippen molar-refractivity contribution in [2.75, 3.05) is 7.11 Å². The van der Waals surface area contributed by atoms with Crippen LogP contribution in [0, 0.1) is 0 Å². The second-order valence-corrected chi connectivity index (χ2v) is 3.29. The number of hydrogen-bond donors (Lipinski definition) is 0. The third-order valence-electron chi connectivity index (χ3n) is 1.69. The molecule has 0 aliphatic heterocycles. The molecule has 14 heavy (non-hydrogen) atoms. The first-order valence-electron chi connectivity index (χ1n) is 3.71. The minimum absolute atomic E-state index is 0.337. The van der Waals surface area contributed by atoms with Crippen LogP contribution in [0.15, 0.2) is 21.4 Å². The van der Waals surface area contributed by atoms with Gasteiger partial charge in [-0.1, -0.05) is 5.16 Å². The predicted octanol–water partition coefficient (Wildman–Crippen LogP) is 1.77. The molecule has 0 aliphatic carbocycles. The highest BCUT2D eigenvalue weighted by atomic mass is 79.9. The normalized spacial score (nSPS) is 10.4. The Hall–Kier alpha value is -1.43. The lowest BCUT2D eigenvalue weighted by Crippen LogP contribution is -2.01. The highest BCUT2D eigenvalue weighted by molar-refractivity contribution is 9.10. The van der Waals surface area contributed by atoms with Gasteiger partial charge in [-0.25, -0.2) is 9.78 Å². The van der Waals surface area contributed by atoms with Gasteiger partial charge in [0.05, 0.1) is 12.7 Å². The number of methoxy groups -OCH3 is 1. The number of rotatable bonds is 1. The van der Waals surface area contributed by atoms with Gasteiger partial charge in [0.2, 0.25) is 0 Å². The van der Waals surface area contributed by atoms with Crippen molar-refractivity contribution >= 4 is 33.0 Å². The van der Waals surface area contributed by atoms with Gasteiger partial charge in [-0.15, -0.1) is 0 Å². The Morgan fingerprint density at radius 3 is 3.14 bits per heavy atom. The molecule has 2 aromatic heterocycles. The largest absolute Gasteiger partial charge is 0.465 e. The SMILES string of the molecule is COC(=O)c1cnc2c(Br)noc2c1. The van der Waals surface area contributed by atoms with Gasteiger partial charge >= 0.3 is 5.97 Å². The van der Waals surface area contributed by atoms with Gasteiger partial charge in [0.1, 0.15) is 5.52 Å². The first-order valence-corrected chi connectivity index (χ1v) is 4.51. The maximum Gasteiger partial charge on any atom is 0.339 e. The third kappa shape index (κ3) is 1.37. The van der Waals surface area contributed by atoms with E-state index in [4.69, 9.17) is 4.52 Å². The molecule has 0 unspecified atom stereocenters. The molecular formula is C8H5BrN2O3. The van der Waals surface area contributed by atoms with E-state index in [1.807, 2.05) is 0 Å². The van der Waals surface area contributed by atoms with Crippen LogP contribution in [0.4, 0.5) is 0 Å². The third-order valence-corrected chi connectivity index (χ3v) is 2.21. The Morgan fingerprint density at radius 2 is 2.43 bits per heavy atom. The molecular weight excluding hydrogens is 252 g/mol. The van der Waals surface area contributed by atoms with Crippen LogP contribution >= 0.6 is 15.9 Å². The molecule has 0 aromatic carbocycles. The topological polar surface area (TPSA) is 65.2 Å². The van der Waals surface area contributed by atoms with E-state index in [1.54, 1.807) is 0 Å². The van der Waals surface area contributed by atoms with Crippen molar-refractivity contribution in [3.63, 3.8) is 0 Å². The Balaban J connectivity index is 2.57. The molecule has 6 heteroatoms. The van der Waals surface area contributed by atoms with Crippen molar-refractivity contribution in [3.8, 4) is 0 Å². The van der Waals surface area contributed by atoms with E-state index in [1.165, 1.54) is 19.4 Å². The Bertz CT molecular complexity index is 494. The summed E-state index contributed by atoms with van der Waals surface area (Å²) in [7, 11) is 1.31. The van der Waals surface area contributed by atoms with Crippen LogP contribution in [0.3, 0.4) is 0 Å². The number of carbonyl (C=O) groups is 1. The van der Waals surface area contributed by atoms with E-state index >= 15 is 0 Å². The van der Waals surface area contributed by atoms with Gasteiger partial charge in [0.15, 0.2) is 10.2 Å². The smallest absolute Gasteiger partial charge is 0.339 e. The maximum atomic E-state index is 11.1. The Kier molecular flexibility index (Phi) is 2.20. The van der Waals surface area contributed by atoms with Crippen molar-refractivity contribution < 1.29 is 14.1 Å². The van der Waals surface area contributed by atoms with Crippen LogP contribution in [0.2, 0.25) is 0 Å². The first-order chi connectivity index (χ1) is 6.72. The van der Waals surface area contributed by atoms with Crippen molar-refractivity contribution in [2.24, 2.45) is 0 Å². The molecule has 0 fully saturated rings. The molecule has 5 nitrogen and oxygen atoms in total. The average Bonchev–Trinajstić information content (AvgIpc) is 2.59. The van der Waals surface area contributed by atoms with E-state index < -0.39 is 5.97 Å². The maximum absolute atomic E-state index is 11.1. The van der Waals surface area contributed by atoms with E-state index in [0.717, 1.165) is 0 Å². The molecule has 0 radical (unpaired) electrons. The van der Waals surface area contributed by atoms with Crippen molar-refractivity contribution in [1.82, 2.24) is 10.1 Å². The van der Waals surface area contributed by atoms with Gasteiger partial charge in [-0.2, -0.15) is 0 Å². The summed E-state index contributed by atoms with van der Waals surface area (Å²) in [6.07, 6.45) is 1.41. The minimum atomic E-state index is -0.452. The molecule has 0 spiro atoms. The number of aromatic nitrogens is 2. The predicted molar refractivity (Wildman–Crippen MR) is 50.8 cm³/mol. The zero-order valence-corrected chi connectivity index (χ0v) is 8.74. The molecule has 0 N–H and O–H groups in total. The molecule has 2 rings (SSSR count). The van der Waals surface area contributed by atoms with Crippen LogP contribution in [0.1, 0.15) is 10.4 Å². The van der Waals surface area contributed by atoms with E-state index in [2.05, 4.69) is 30.8 Å². The summed E-state index contributed by atoms with van der Waals surface area (Å²) in [6.45, 7) is 0. The van der Waals surface area contributed by atoms with Crippen molar-refractivity contribution in [3.05, 3.63) is 22.4 Å². The summed E-state index contributed by atoms with van der Waals surface area (Å²) in [4.78, 5) is 15.1. The van der Waals surface area contributed by atoms with Crippen molar-refractivity contribution in [1.29, 1.82) is 0 Å². The van der Waals surface area contributed by atoms with E-state index in [-0.39, 0.29) is 0 Å². The molecule has 0 aliphatic rings. The summed E-state index contributed by atoms with van der Waals surface area (Å²) in [5, 5.41) is 3.65. The molecule has 0 saturated carbocycles. The number of ether oxygens (including phenoxy) is 1. The fraction of sp³-hybridized carbons (Fsp3) is 0.125. The molecule has 0 saturated heterocycles. The number of halogens is 1. The lowest BCUT2D eigenvalue weighted by Gasteiger charge is -1.96. The summed E-state index contributed by atoms with van der Waals surface area (Å²) < 4.78 is 9.97. The standard InChI is InChI=1S/C8H5BrN2O3/c1-13-8(12)4-2-5-6(10-3-4)7(9)11-14-5/h2-3H,1H3. The lowest BCUT2D eigenvalue weighted by atomic mass is 10.3. The lowest BCUT2D eigenvalue weighted by molar-refractivity contribution is 0.0600. The zero-order chi connectivity index (χ0) is 10.1. The fourth-order valence-electron chi connectivity index (χ4n) is 1.03. The monoisotopic (exact) mass is 256 g/mol. The van der Waals surface area contributed by atoms with E-state index in [0.29, 0.717) is 21.3 Å². The number of carbonyl (C=O) groups excluding carboxylic acids is 1. The van der Waals surface area contributed by atoms with Crippen molar-refractivity contribution in [2.45, 2.75) is 0 Å². The second kappa shape index (κ2) is 3.38. The highest BCUT2D eigenvalue weighted by Crippen LogP contribution is 2.21. The van der Waals surface area contributed by atoms with Gasteiger partial charge in [-0.05, 0) is 15.9 Å². The van der Waals surface area contributed by atoms with Gasteiger partial charge in [0.25, 0.3) is 0 Å². The summed E-state index contributed by atoms with van der Waals surface area (Å²) in [5.74, 6) is -0.452. The van der Waals surface area contributed by atoms with Crippen LogP contribution in [-0.2, 0) is 4.74 Å². The summed E-state index contributed by atoms with van der Waals surface area (Å²) in [6, 6.07) is 1.53. The second-order valence-electron chi connectivity index (χ2n) is 2.54. The van der Waals surface area contributed by atoms with Gasteiger partial charge in [0, 0.05) is 12.3 Å². The molecule has 0 bridgehead atoms. The fourth-order valence-corrected chi connectivity index (χ4v) is 1.40. The molecule has 72 valence electrons. The molecule has 0 atom stereocenters. The Labute approximate surface area is 87.2 Å². The number of nitrogens with zero attached hydrogens (tertiary/aromatic N) is 2. The average molecular weight is 257 g/mol. The Morgan fingerprint density at radius 1 is 1.64 bits per heavy atom. The van der Waals surface area contributed by atoms with Crippen LogP contribution in [0.5, 0.6) is 0 Å². The number of hydrogen-bond acceptors (Lipinski definition) is 5. The minimum Gasteiger partial charge on any atom is -0.465 e. The molecule has 2 aromatic rings. The number of pyridine rings is 1. The number of esters is 1. The van der Waals surface area contributed by atoms with Crippen LogP contribution in [-0.4, -0.2) is 23.2 Å². The first kappa shape index (κ1) is 9.14. The molecule has 0 amide bonds. The number of fused-ring (bicyclic) bond motifs is 1.